The van der Waals surface area contributed by atoms with Crippen LogP contribution in [-0.2, 0) is 4.79 Å². The van der Waals surface area contributed by atoms with Crippen LogP contribution in [0.2, 0.25) is 0 Å². The van der Waals surface area contributed by atoms with Crippen molar-refractivity contribution in [3.05, 3.63) is 0 Å². The highest BCUT2D eigenvalue weighted by Gasteiger charge is 2.35. The molecule has 0 bridgehead atoms. The molecule has 1 amide bonds. The topological polar surface area (TPSA) is 61.4 Å². The molecule has 0 aromatic heterocycles. The van der Waals surface area contributed by atoms with Crippen LogP contribution in [-0.4, -0.2) is 36.2 Å². The van der Waals surface area contributed by atoms with Gasteiger partial charge in [0.05, 0.1) is 18.2 Å². The summed E-state index contributed by atoms with van der Waals surface area (Å²) in [5.41, 5.74) is -0.380. The van der Waals surface area contributed by atoms with E-state index in [4.69, 9.17) is 0 Å². The smallest absolute Gasteiger partial charge is 0.237 e. The van der Waals surface area contributed by atoms with Crippen molar-refractivity contribution in [2.24, 2.45) is 5.92 Å². The third-order valence-corrected chi connectivity index (χ3v) is 3.75. The van der Waals surface area contributed by atoms with Gasteiger partial charge in [-0.25, -0.2) is 0 Å². The first kappa shape index (κ1) is 13.5. The van der Waals surface area contributed by atoms with Crippen molar-refractivity contribution in [2.75, 3.05) is 13.7 Å². The summed E-state index contributed by atoms with van der Waals surface area (Å²) in [4.78, 5) is 11.8. The fourth-order valence-corrected chi connectivity index (χ4v) is 2.14. The largest absolute Gasteiger partial charge is 0.394 e. The van der Waals surface area contributed by atoms with Crippen molar-refractivity contribution in [1.82, 2.24) is 10.6 Å². The minimum Gasteiger partial charge on any atom is -0.394 e. The Hall–Kier alpha value is -0.610. The first-order valence-electron chi connectivity index (χ1n) is 6.13. The standard InChI is InChI=1S/C12H24N2O2/c1-9-4-6-12(8-15,7-5-9)14-11(16)10(2)13-3/h9-10,13,15H,4-8H2,1-3H3,(H,14,16). The summed E-state index contributed by atoms with van der Waals surface area (Å²) >= 11 is 0. The Balaban J connectivity index is 2.57. The number of hydrogen-bond acceptors (Lipinski definition) is 3. The molecule has 1 unspecified atom stereocenters. The fourth-order valence-electron chi connectivity index (χ4n) is 2.14. The van der Waals surface area contributed by atoms with Gasteiger partial charge in [0.15, 0.2) is 0 Å². The lowest BCUT2D eigenvalue weighted by atomic mass is 9.77. The Labute approximate surface area is 97.8 Å². The number of carbonyl (C=O) groups is 1. The number of aliphatic hydroxyl groups excluding tert-OH is 1. The van der Waals surface area contributed by atoms with E-state index in [1.165, 1.54) is 0 Å². The van der Waals surface area contributed by atoms with E-state index in [9.17, 15) is 9.90 Å². The fraction of sp³-hybridized carbons (Fsp3) is 0.917. The molecular formula is C12H24N2O2. The first-order chi connectivity index (χ1) is 7.53. The van der Waals surface area contributed by atoms with Crippen LogP contribution in [0.5, 0.6) is 0 Å². The molecule has 94 valence electrons. The van der Waals surface area contributed by atoms with E-state index < -0.39 is 0 Å². The lowest BCUT2D eigenvalue weighted by molar-refractivity contribution is -0.125. The molecule has 1 saturated carbocycles. The second-order valence-electron chi connectivity index (χ2n) is 5.12. The zero-order chi connectivity index (χ0) is 12.2. The molecule has 1 fully saturated rings. The normalized spacial score (nSPS) is 32.1. The number of hydrogen-bond donors (Lipinski definition) is 3. The van der Waals surface area contributed by atoms with E-state index in [2.05, 4.69) is 17.6 Å². The van der Waals surface area contributed by atoms with E-state index in [0.717, 1.165) is 25.7 Å². The summed E-state index contributed by atoms with van der Waals surface area (Å²) in [7, 11) is 1.76. The Kier molecular flexibility index (Phi) is 4.74. The second kappa shape index (κ2) is 5.64. The van der Waals surface area contributed by atoms with Gasteiger partial charge in [0.2, 0.25) is 5.91 Å². The van der Waals surface area contributed by atoms with Gasteiger partial charge in [-0.3, -0.25) is 4.79 Å². The Morgan fingerprint density at radius 3 is 2.50 bits per heavy atom. The van der Waals surface area contributed by atoms with Crippen LogP contribution in [0, 0.1) is 5.92 Å². The van der Waals surface area contributed by atoms with Gasteiger partial charge in [0.1, 0.15) is 0 Å². The van der Waals surface area contributed by atoms with Crippen LogP contribution in [0.3, 0.4) is 0 Å². The molecule has 1 aliphatic carbocycles. The molecule has 0 radical (unpaired) electrons. The number of nitrogens with one attached hydrogen (secondary N) is 2. The molecule has 0 saturated heterocycles. The van der Waals surface area contributed by atoms with E-state index in [0.29, 0.717) is 5.92 Å². The van der Waals surface area contributed by atoms with Gasteiger partial charge < -0.3 is 15.7 Å². The number of likely N-dealkylation sites (N-methyl/N-ethyl adjacent to an activating group) is 1. The lowest BCUT2D eigenvalue weighted by Gasteiger charge is -2.39. The highest BCUT2D eigenvalue weighted by atomic mass is 16.3. The van der Waals surface area contributed by atoms with Crippen molar-refractivity contribution in [2.45, 2.75) is 51.1 Å². The number of carbonyl (C=O) groups excluding carboxylic acids is 1. The number of aliphatic hydroxyl groups is 1. The van der Waals surface area contributed by atoms with Crippen LogP contribution >= 0.6 is 0 Å². The van der Waals surface area contributed by atoms with Crippen LogP contribution < -0.4 is 10.6 Å². The molecular weight excluding hydrogens is 204 g/mol. The molecule has 1 atom stereocenters. The summed E-state index contributed by atoms with van der Waals surface area (Å²) in [6, 6.07) is -0.206. The highest BCUT2D eigenvalue weighted by molar-refractivity contribution is 5.82. The van der Waals surface area contributed by atoms with Crippen molar-refractivity contribution in [3.63, 3.8) is 0 Å². The van der Waals surface area contributed by atoms with Crippen LogP contribution in [0.25, 0.3) is 0 Å². The number of amides is 1. The summed E-state index contributed by atoms with van der Waals surface area (Å²) in [6.45, 7) is 4.09. The zero-order valence-electron chi connectivity index (χ0n) is 10.5. The number of rotatable bonds is 4. The summed E-state index contributed by atoms with van der Waals surface area (Å²) in [5, 5.41) is 15.4. The summed E-state index contributed by atoms with van der Waals surface area (Å²) in [6.07, 6.45) is 3.92. The van der Waals surface area contributed by atoms with E-state index in [1.54, 1.807) is 7.05 Å². The predicted octanol–water partition coefficient (Wildman–Crippen LogP) is 0.652. The van der Waals surface area contributed by atoms with Gasteiger partial charge in [0.25, 0.3) is 0 Å². The third-order valence-electron chi connectivity index (χ3n) is 3.75. The Morgan fingerprint density at radius 2 is 2.06 bits per heavy atom. The van der Waals surface area contributed by atoms with Gasteiger partial charge in [0, 0.05) is 0 Å². The average molecular weight is 228 g/mol. The quantitative estimate of drug-likeness (QED) is 0.662. The third kappa shape index (κ3) is 3.19. The lowest BCUT2D eigenvalue weighted by Crippen LogP contribution is -2.57. The molecule has 1 rings (SSSR count). The minimum absolute atomic E-state index is 0.0221. The van der Waals surface area contributed by atoms with E-state index in [-0.39, 0.29) is 24.1 Å². The monoisotopic (exact) mass is 228 g/mol. The molecule has 0 aromatic rings. The molecule has 4 heteroatoms. The second-order valence-corrected chi connectivity index (χ2v) is 5.12. The average Bonchev–Trinajstić information content (AvgIpc) is 2.31. The van der Waals surface area contributed by atoms with Gasteiger partial charge in [-0.05, 0) is 45.6 Å². The molecule has 0 spiro atoms. The van der Waals surface area contributed by atoms with E-state index >= 15 is 0 Å². The van der Waals surface area contributed by atoms with Crippen LogP contribution in [0.1, 0.15) is 39.5 Å². The Morgan fingerprint density at radius 1 is 1.50 bits per heavy atom. The van der Waals surface area contributed by atoms with Crippen molar-refractivity contribution in [1.29, 1.82) is 0 Å². The molecule has 0 heterocycles. The van der Waals surface area contributed by atoms with Gasteiger partial charge in [-0.15, -0.1) is 0 Å². The van der Waals surface area contributed by atoms with E-state index in [1.807, 2.05) is 6.92 Å². The van der Waals surface area contributed by atoms with Crippen molar-refractivity contribution >= 4 is 5.91 Å². The van der Waals surface area contributed by atoms with Gasteiger partial charge >= 0.3 is 0 Å². The highest BCUT2D eigenvalue weighted by Crippen LogP contribution is 2.31. The maximum absolute atomic E-state index is 11.8. The molecule has 4 nitrogen and oxygen atoms in total. The first-order valence-corrected chi connectivity index (χ1v) is 6.13. The van der Waals surface area contributed by atoms with Crippen molar-refractivity contribution in [3.8, 4) is 0 Å². The zero-order valence-corrected chi connectivity index (χ0v) is 10.5. The molecule has 0 aliphatic heterocycles. The minimum atomic E-state index is -0.380. The molecule has 0 aromatic carbocycles. The predicted molar refractivity (Wildman–Crippen MR) is 64.1 cm³/mol. The van der Waals surface area contributed by atoms with Crippen LogP contribution in [0.4, 0.5) is 0 Å². The molecule has 16 heavy (non-hydrogen) atoms. The SMILES string of the molecule is CNC(C)C(=O)NC1(CO)CCC(C)CC1. The maximum atomic E-state index is 11.8. The van der Waals surface area contributed by atoms with Crippen molar-refractivity contribution < 1.29 is 9.90 Å². The molecule has 1 aliphatic rings. The Bertz CT molecular complexity index is 235. The van der Waals surface area contributed by atoms with Gasteiger partial charge in [-0.2, -0.15) is 0 Å². The summed E-state index contributed by atoms with van der Waals surface area (Å²) < 4.78 is 0. The van der Waals surface area contributed by atoms with Crippen LogP contribution in [0.15, 0.2) is 0 Å². The maximum Gasteiger partial charge on any atom is 0.237 e. The summed E-state index contributed by atoms with van der Waals surface area (Å²) in [5.74, 6) is 0.685. The molecule has 3 N–H and O–H groups in total. The van der Waals surface area contributed by atoms with Gasteiger partial charge in [-0.1, -0.05) is 6.92 Å².